The molecule has 7 heteroatoms. The standard InChI is InChI=1S/C9H11N5O2/c10-7(15)4-11-5-8-13-9(14-16-8)6-2-1-3-12-6/h1-3,11-12H,4-5H2,(H2,10,15). The number of amides is 1. The number of H-pyrrole nitrogens is 1. The smallest absolute Gasteiger partial charge is 0.240 e. The van der Waals surface area contributed by atoms with Crippen LogP contribution in [0.4, 0.5) is 0 Å². The molecule has 0 aliphatic heterocycles. The molecule has 0 saturated carbocycles. The zero-order valence-electron chi connectivity index (χ0n) is 8.43. The van der Waals surface area contributed by atoms with E-state index < -0.39 is 5.91 Å². The molecule has 7 nitrogen and oxygen atoms in total. The maximum atomic E-state index is 10.5. The van der Waals surface area contributed by atoms with Crippen molar-refractivity contribution in [2.75, 3.05) is 6.54 Å². The quantitative estimate of drug-likeness (QED) is 0.638. The lowest BCUT2D eigenvalue weighted by atomic mass is 10.4. The Morgan fingerprint density at radius 2 is 2.50 bits per heavy atom. The number of rotatable bonds is 5. The van der Waals surface area contributed by atoms with E-state index in [-0.39, 0.29) is 6.54 Å². The van der Waals surface area contributed by atoms with Crippen LogP contribution in [0.5, 0.6) is 0 Å². The number of primary amides is 1. The first kappa shape index (κ1) is 10.4. The maximum absolute atomic E-state index is 10.5. The van der Waals surface area contributed by atoms with Gasteiger partial charge >= 0.3 is 0 Å². The zero-order valence-corrected chi connectivity index (χ0v) is 8.43. The SMILES string of the molecule is NC(=O)CNCc1nc(-c2ccc[nH]2)no1. The summed E-state index contributed by atoms with van der Waals surface area (Å²) in [4.78, 5) is 17.6. The fourth-order valence-corrected chi connectivity index (χ4v) is 1.20. The minimum Gasteiger partial charge on any atom is -0.369 e. The van der Waals surface area contributed by atoms with Gasteiger partial charge in [-0.3, -0.25) is 10.1 Å². The van der Waals surface area contributed by atoms with Crippen LogP contribution in [-0.2, 0) is 11.3 Å². The first-order valence-corrected chi connectivity index (χ1v) is 4.71. The van der Waals surface area contributed by atoms with E-state index in [4.69, 9.17) is 10.3 Å². The van der Waals surface area contributed by atoms with E-state index in [1.54, 1.807) is 6.20 Å². The van der Waals surface area contributed by atoms with Gasteiger partial charge in [0.25, 0.3) is 0 Å². The van der Waals surface area contributed by atoms with Gasteiger partial charge in [-0.05, 0) is 12.1 Å². The summed E-state index contributed by atoms with van der Waals surface area (Å²) < 4.78 is 4.97. The molecule has 2 rings (SSSR count). The molecule has 0 bridgehead atoms. The maximum Gasteiger partial charge on any atom is 0.240 e. The summed E-state index contributed by atoms with van der Waals surface area (Å²) >= 11 is 0. The van der Waals surface area contributed by atoms with E-state index in [1.807, 2.05) is 12.1 Å². The number of carbonyl (C=O) groups is 1. The molecule has 16 heavy (non-hydrogen) atoms. The molecule has 1 amide bonds. The van der Waals surface area contributed by atoms with E-state index >= 15 is 0 Å². The second-order valence-electron chi connectivity index (χ2n) is 3.17. The predicted octanol–water partition coefficient (Wildman–Crippen LogP) is -0.360. The fourth-order valence-electron chi connectivity index (χ4n) is 1.20. The first-order chi connectivity index (χ1) is 7.75. The summed E-state index contributed by atoms with van der Waals surface area (Å²) in [6, 6.07) is 3.68. The van der Waals surface area contributed by atoms with Gasteiger partial charge in [-0.15, -0.1) is 0 Å². The van der Waals surface area contributed by atoms with Crippen molar-refractivity contribution >= 4 is 5.91 Å². The minimum atomic E-state index is -0.427. The predicted molar refractivity (Wildman–Crippen MR) is 55.0 cm³/mol. The number of hydrogen-bond donors (Lipinski definition) is 3. The van der Waals surface area contributed by atoms with Gasteiger partial charge in [0.1, 0.15) is 0 Å². The molecule has 0 aliphatic rings. The van der Waals surface area contributed by atoms with Crippen LogP contribution in [0.3, 0.4) is 0 Å². The largest absolute Gasteiger partial charge is 0.369 e. The Hall–Kier alpha value is -2.15. The number of nitrogens with one attached hydrogen (secondary N) is 2. The van der Waals surface area contributed by atoms with E-state index in [1.165, 1.54) is 0 Å². The highest BCUT2D eigenvalue weighted by molar-refractivity contribution is 5.75. The Morgan fingerprint density at radius 1 is 1.62 bits per heavy atom. The molecule has 0 radical (unpaired) electrons. The normalized spacial score (nSPS) is 10.5. The molecule has 0 saturated heterocycles. The van der Waals surface area contributed by atoms with Gasteiger partial charge in [0, 0.05) is 6.20 Å². The monoisotopic (exact) mass is 221 g/mol. The summed E-state index contributed by atoms with van der Waals surface area (Å²) in [5.74, 6) is 0.468. The molecule has 0 spiro atoms. The van der Waals surface area contributed by atoms with Gasteiger partial charge in [-0.25, -0.2) is 0 Å². The topological polar surface area (TPSA) is 110 Å². The van der Waals surface area contributed by atoms with Gasteiger partial charge in [0.05, 0.1) is 18.8 Å². The number of aromatic amines is 1. The molecule has 2 aromatic heterocycles. The van der Waals surface area contributed by atoms with Crippen LogP contribution < -0.4 is 11.1 Å². The first-order valence-electron chi connectivity index (χ1n) is 4.71. The van der Waals surface area contributed by atoms with Crippen molar-refractivity contribution in [3.8, 4) is 11.5 Å². The zero-order chi connectivity index (χ0) is 11.4. The molecule has 0 unspecified atom stereocenters. The van der Waals surface area contributed by atoms with Crippen LogP contribution in [0.1, 0.15) is 5.89 Å². The number of hydrogen-bond acceptors (Lipinski definition) is 5. The highest BCUT2D eigenvalue weighted by Crippen LogP contribution is 2.11. The summed E-state index contributed by atoms with van der Waals surface area (Å²) in [5.41, 5.74) is 5.75. The Kier molecular flexibility index (Phi) is 2.97. The Morgan fingerprint density at radius 3 is 3.19 bits per heavy atom. The van der Waals surface area contributed by atoms with E-state index in [2.05, 4.69) is 20.4 Å². The number of carbonyl (C=O) groups excluding carboxylic acids is 1. The lowest BCUT2D eigenvalue weighted by Crippen LogP contribution is -2.28. The molecular weight excluding hydrogens is 210 g/mol. The van der Waals surface area contributed by atoms with Crippen molar-refractivity contribution < 1.29 is 9.32 Å². The van der Waals surface area contributed by atoms with E-state index in [0.29, 0.717) is 18.3 Å². The summed E-state index contributed by atoms with van der Waals surface area (Å²) in [7, 11) is 0. The van der Waals surface area contributed by atoms with Crippen LogP contribution in [0.25, 0.3) is 11.5 Å². The van der Waals surface area contributed by atoms with Gasteiger partial charge in [-0.2, -0.15) is 4.98 Å². The third-order valence-corrected chi connectivity index (χ3v) is 1.88. The number of aromatic nitrogens is 3. The van der Waals surface area contributed by atoms with Gasteiger partial charge in [-0.1, -0.05) is 5.16 Å². The van der Waals surface area contributed by atoms with Crippen LogP contribution in [0.2, 0.25) is 0 Å². The third kappa shape index (κ3) is 2.45. The summed E-state index contributed by atoms with van der Waals surface area (Å²) in [6.45, 7) is 0.400. The molecular formula is C9H11N5O2. The highest BCUT2D eigenvalue weighted by atomic mass is 16.5. The molecule has 0 atom stereocenters. The Balaban J connectivity index is 1.95. The summed E-state index contributed by atoms with van der Waals surface area (Å²) in [5, 5.41) is 6.56. The molecule has 84 valence electrons. The van der Waals surface area contributed by atoms with Crippen molar-refractivity contribution in [1.29, 1.82) is 0 Å². The lowest BCUT2D eigenvalue weighted by molar-refractivity contribution is -0.117. The number of nitrogens with two attached hydrogens (primary N) is 1. The fraction of sp³-hybridized carbons (Fsp3) is 0.222. The molecule has 2 aromatic rings. The van der Waals surface area contributed by atoms with Crippen LogP contribution in [-0.4, -0.2) is 27.6 Å². The van der Waals surface area contributed by atoms with Crippen LogP contribution >= 0.6 is 0 Å². The van der Waals surface area contributed by atoms with Crippen molar-refractivity contribution in [3.05, 3.63) is 24.2 Å². The second-order valence-corrected chi connectivity index (χ2v) is 3.17. The van der Waals surface area contributed by atoms with E-state index in [9.17, 15) is 4.79 Å². The molecule has 4 N–H and O–H groups in total. The minimum absolute atomic E-state index is 0.0835. The van der Waals surface area contributed by atoms with Crippen molar-refractivity contribution in [2.24, 2.45) is 5.73 Å². The van der Waals surface area contributed by atoms with Crippen LogP contribution in [0, 0.1) is 0 Å². The average molecular weight is 221 g/mol. The van der Waals surface area contributed by atoms with E-state index in [0.717, 1.165) is 5.69 Å². The summed E-state index contributed by atoms with van der Waals surface area (Å²) in [6.07, 6.45) is 1.77. The average Bonchev–Trinajstić information content (AvgIpc) is 2.85. The Labute approximate surface area is 91.0 Å². The van der Waals surface area contributed by atoms with Gasteiger partial charge < -0.3 is 15.2 Å². The molecule has 0 aromatic carbocycles. The van der Waals surface area contributed by atoms with Crippen molar-refractivity contribution in [1.82, 2.24) is 20.4 Å². The molecule has 2 heterocycles. The molecule has 0 aliphatic carbocycles. The van der Waals surface area contributed by atoms with Crippen molar-refractivity contribution in [3.63, 3.8) is 0 Å². The second kappa shape index (κ2) is 4.58. The van der Waals surface area contributed by atoms with Gasteiger partial charge in [0.15, 0.2) is 0 Å². The van der Waals surface area contributed by atoms with Crippen molar-refractivity contribution in [2.45, 2.75) is 6.54 Å². The third-order valence-electron chi connectivity index (χ3n) is 1.88. The van der Waals surface area contributed by atoms with Gasteiger partial charge in [0.2, 0.25) is 17.6 Å². The van der Waals surface area contributed by atoms with Crippen LogP contribution in [0.15, 0.2) is 22.9 Å². The molecule has 0 fully saturated rings. The highest BCUT2D eigenvalue weighted by Gasteiger charge is 2.08. The lowest BCUT2D eigenvalue weighted by Gasteiger charge is -1.95. The Bertz CT molecular complexity index is 462. The number of nitrogens with zero attached hydrogens (tertiary/aromatic N) is 2.